The van der Waals surface area contributed by atoms with Crippen molar-refractivity contribution in [2.24, 2.45) is 0 Å². The van der Waals surface area contributed by atoms with Crippen LogP contribution in [0.1, 0.15) is 36.2 Å². The van der Waals surface area contributed by atoms with E-state index in [0.29, 0.717) is 34.3 Å². The molecule has 4 rings (SSSR count). The summed E-state index contributed by atoms with van der Waals surface area (Å²) in [6.45, 7) is 6.88. The topological polar surface area (TPSA) is 62.9 Å². The van der Waals surface area contributed by atoms with E-state index in [2.05, 4.69) is 15.0 Å². The van der Waals surface area contributed by atoms with Gasteiger partial charge in [0.15, 0.2) is 11.6 Å². The van der Waals surface area contributed by atoms with Gasteiger partial charge in [0, 0.05) is 13.1 Å². The first-order valence-electron chi connectivity index (χ1n) is 8.73. The van der Waals surface area contributed by atoms with Crippen LogP contribution in [0.4, 0.5) is 8.78 Å². The number of hydrogen-bond donors (Lipinski definition) is 1. The summed E-state index contributed by atoms with van der Waals surface area (Å²) in [7, 11) is 0. The van der Waals surface area contributed by atoms with Crippen molar-refractivity contribution >= 4 is 16.3 Å². The average Bonchev–Trinajstić information content (AvgIpc) is 3.08. The van der Waals surface area contributed by atoms with Crippen molar-refractivity contribution in [2.75, 3.05) is 13.1 Å². The highest BCUT2D eigenvalue weighted by Gasteiger charge is 2.34. The first-order valence-corrected chi connectivity index (χ1v) is 9.54. The van der Waals surface area contributed by atoms with Crippen molar-refractivity contribution in [1.82, 2.24) is 19.5 Å². The van der Waals surface area contributed by atoms with E-state index in [-0.39, 0.29) is 18.1 Å². The number of nitrogens with zero attached hydrogens (tertiary/aromatic N) is 4. The molecule has 6 nitrogen and oxygen atoms in total. The molecule has 2 aromatic heterocycles. The zero-order valence-corrected chi connectivity index (χ0v) is 16.0. The summed E-state index contributed by atoms with van der Waals surface area (Å²) in [6, 6.07) is 3.39. The van der Waals surface area contributed by atoms with Gasteiger partial charge in [0.05, 0.1) is 23.1 Å². The van der Waals surface area contributed by atoms with Gasteiger partial charge >= 0.3 is 0 Å². The van der Waals surface area contributed by atoms with E-state index in [4.69, 9.17) is 4.74 Å². The standard InChI is InChI=1S/C18H20F2N4O2S/c1-9-7-23(8-10(2)26-9)15(12-4-5-13(19)14(20)6-12)16-17(25)24-18(27-16)21-11(3)22-24/h4-6,9-10,15,25H,7-8H2,1-3H3/t9-,10+,15-/m0/s1. The van der Waals surface area contributed by atoms with Gasteiger partial charge in [-0.05, 0) is 38.5 Å². The molecule has 0 amide bonds. The molecule has 0 unspecified atom stereocenters. The van der Waals surface area contributed by atoms with Gasteiger partial charge in [-0.25, -0.2) is 13.8 Å². The first-order chi connectivity index (χ1) is 12.8. The summed E-state index contributed by atoms with van der Waals surface area (Å²) in [5.41, 5.74) is 0.562. The fourth-order valence-electron chi connectivity index (χ4n) is 3.67. The van der Waals surface area contributed by atoms with Crippen LogP contribution in [-0.4, -0.2) is 49.9 Å². The van der Waals surface area contributed by atoms with Crippen LogP contribution in [0.15, 0.2) is 18.2 Å². The Morgan fingerprint density at radius 2 is 1.93 bits per heavy atom. The maximum Gasteiger partial charge on any atom is 0.230 e. The number of aryl methyl sites for hydroxylation is 1. The maximum absolute atomic E-state index is 14.0. The fraction of sp³-hybridized carbons (Fsp3) is 0.444. The fourth-order valence-corrected chi connectivity index (χ4v) is 4.83. The maximum atomic E-state index is 14.0. The predicted octanol–water partition coefficient (Wildman–Crippen LogP) is 3.28. The van der Waals surface area contributed by atoms with Crippen LogP contribution < -0.4 is 0 Å². The van der Waals surface area contributed by atoms with Crippen molar-refractivity contribution in [3.8, 4) is 5.88 Å². The zero-order chi connectivity index (χ0) is 19.3. The molecule has 0 saturated carbocycles. The van der Waals surface area contributed by atoms with Gasteiger partial charge in [-0.2, -0.15) is 4.52 Å². The summed E-state index contributed by atoms with van der Waals surface area (Å²) in [5.74, 6) is -1.29. The third-order valence-electron chi connectivity index (χ3n) is 4.63. The lowest BCUT2D eigenvalue weighted by molar-refractivity contribution is -0.0764. The number of halogens is 2. The molecule has 0 aliphatic carbocycles. The Morgan fingerprint density at radius 3 is 2.56 bits per heavy atom. The Morgan fingerprint density at radius 1 is 1.22 bits per heavy atom. The Labute approximate surface area is 159 Å². The predicted molar refractivity (Wildman–Crippen MR) is 97.0 cm³/mol. The molecule has 1 aromatic carbocycles. The van der Waals surface area contributed by atoms with Crippen LogP contribution >= 0.6 is 11.3 Å². The highest BCUT2D eigenvalue weighted by atomic mass is 32.1. The molecule has 3 aromatic rings. The smallest absolute Gasteiger partial charge is 0.230 e. The Balaban J connectivity index is 1.85. The monoisotopic (exact) mass is 394 g/mol. The van der Waals surface area contributed by atoms with E-state index in [1.807, 2.05) is 13.8 Å². The van der Waals surface area contributed by atoms with Gasteiger partial charge < -0.3 is 9.84 Å². The first kappa shape index (κ1) is 18.3. The van der Waals surface area contributed by atoms with E-state index in [9.17, 15) is 13.9 Å². The molecule has 144 valence electrons. The minimum Gasteiger partial charge on any atom is -0.492 e. The van der Waals surface area contributed by atoms with E-state index in [1.165, 1.54) is 21.9 Å². The lowest BCUT2D eigenvalue weighted by atomic mass is 10.0. The second-order valence-corrected chi connectivity index (χ2v) is 7.94. The number of aromatic nitrogens is 3. The molecular formula is C18H20F2N4O2S. The van der Waals surface area contributed by atoms with Crippen LogP contribution in [0, 0.1) is 18.6 Å². The molecule has 27 heavy (non-hydrogen) atoms. The molecule has 0 bridgehead atoms. The van der Waals surface area contributed by atoms with Gasteiger partial charge in [0.25, 0.3) is 0 Å². The van der Waals surface area contributed by atoms with Gasteiger partial charge in [-0.1, -0.05) is 17.4 Å². The molecule has 1 aliphatic heterocycles. The molecule has 1 saturated heterocycles. The number of morpholine rings is 1. The summed E-state index contributed by atoms with van der Waals surface area (Å²) in [5, 5.41) is 15.0. The lowest BCUT2D eigenvalue weighted by Gasteiger charge is -2.40. The Bertz CT molecular complexity index is 979. The number of thiazole rings is 1. The number of aromatic hydroxyl groups is 1. The third-order valence-corrected chi connectivity index (χ3v) is 5.70. The molecular weight excluding hydrogens is 374 g/mol. The SMILES string of the molecule is Cc1nc2sc([C@H](c3ccc(F)c(F)c3)N3C[C@@H](C)O[C@@H](C)C3)c(O)n2n1. The molecule has 0 radical (unpaired) electrons. The van der Waals surface area contributed by atoms with Crippen molar-refractivity contribution in [1.29, 1.82) is 0 Å². The number of hydrogen-bond acceptors (Lipinski definition) is 6. The van der Waals surface area contributed by atoms with Crippen LogP contribution in [0.3, 0.4) is 0 Å². The second-order valence-electron chi connectivity index (χ2n) is 6.93. The van der Waals surface area contributed by atoms with E-state index in [1.54, 1.807) is 13.0 Å². The van der Waals surface area contributed by atoms with E-state index >= 15 is 0 Å². The Kier molecular flexibility index (Phi) is 4.61. The van der Waals surface area contributed by atoms with Gasteiger partial charge in [0.1, 0.15) is 5.82 Å². The highest BCUT2D eigenvalue weighted by molar-refractivity contribution is 7.17. The molecule has 1 aliphatic rings. The summed E-state index contributed by atoms with van der Waals surface area (Å²) in [6.07, 6.45) is -0.0406. The van der Waals surface area contributed by atoms with Crippen LogP contribution in [0.5, 0.6) is 5.88 Å². The average molecular weight is 394 g/mol. The minimum absolute atomic E-state index is 0.0203. The van der Waals surface area contributed by atoms with E-state index < -0.39 is 17.7 Å². The number of fused-ring (bicyclic) bond motifs is 1. The number of ether oxygens (including phenoxy) is 1. The minimum atomic E-state index is -0.915. The zero-order valence-electron chi connectivity index (χ0n) is 15.2. The lowest BCUT2D eigenvalue weighted by Crippen LogP contribution is -2.47. The largest absolute Gasteiger partial charge is 0.492 e. The number of rotatable bonds is 3. The van der Waals surface area contributed by atoms with Crippen LogP contribution in [-0.2, 0) is 4.74 Å². The van der Waals surface area contributed by atoms with Crippen LogP contribution in [0.2, 0.25) is 0 Å². The highest BCUT2D eigenvalue weighted by Crippen LogP contribution is 2.41. The summed E-state index contributed by atoms with van der Waals surface area (Å²) >= 11 is 1.29. The Hall–Kier alpha value is -2.10. The van der Waals surface area contributed by atoms with Crippen molar-refractivity contribution in [3.05, 3.63) is 46.1 Å². The molecule has 9 heteroatoms. The van der Waals surface area contributed by atoms with Gasteiger partial charge in [0.2, 0.25) is 10.8 Å². The summed E-state index contributed by atoms with van der Waals surface area (Å²) in [4.78, 5) is 7.58. The van der Waals surface area contributed by atoms with Gasteiger partial charge in [-0.15, -0.1) is 5.10 Å². The van der Waals surface area contributed by atoms with Crippen LogP contribution in [0.25, 0.3) is 4.96 Å². The van der Waals surface area contributed by atoms with Crippen molar-refractivity contribution < 1.29 is 18.6 Å². The van der Waals surface area contributed by atoms with Crippen molar-refractivity contribution in [3.63, 3.8) is 0 Å². The molecule has 3 heterocycles. The summed E-state index contributed by atoms with van der Waals surface area (Å²) < 4.78 is 34.7. The number of benzene rings is 1. The van der Waals surface area contributed by atoms with Gasteiger partial charge in [-0.3, -0.25) is 4.90 Å². The van der Waals surface area contributed by atoms with E-state index in [0.717, 1.165) is 6.07 Å². The van der Waals surface area contributed by atoms with Crippen molar-refractivity contribution in [2.45, 2.75) is 39.0 Å². The third kappa shape index (κ3) is 3.30. The quantitative estimate of drug-likeness (QED) is 0.739. The molecule has 3 atom stereocenters. The molecule has 0 spiro atoms. The normalized spacial score (nSPS) is 22.4. The molecule has 1 N–H and O–H groups in total. The molecule has 1 fully saturated rings. The second kappa shape index (κ2) is 6.81.